The number of aromatic nitrogens is 3. The molecule has 21 heavy (non-hydrogen) atoms. The van der Waals surface area contributed by atoms with Gasteiger partial charge in [-0.25, -0.2) is 9.97 Å². The highest BCUT2D eigenvalue weighted by atomic mass is 79.9. The molecule has 4 heterocycles. The maximum Gasteiger partial charge on any atom is 0.156 e. The van der Waals surface area contributed by atoms with Crippen LogP contribution in [0.2, 0.25) is 0 Å². The fraction of sp³-hybridized carbons (Fsp3) is 0.600. The summed E-state index contributed by atoms with van der Waals surface area (Å²) in [5.74, 6) is 0.997. The van der Waals surface area contributed by atoms with Gasteiger partial charge in [0, 0.05) is 19.3 Å². The zero-order valence-corrected chi connectivity index (χ0v) is 13.7. The Morgan fingerprint density at radius 3 is 2.90 bits per heavy atom. The lowest BCUT2D eigenvalue weighted by Crippen LogP contribution is -2.41. The Morgan fingerprint density at radius 1 is 1.38 bits per heavy atom. The number of aromatic amines is 1. The number of rotatable bonds is 1. The summed E-state index contributed by atoms with van der Waals surface area (Å²) < 4.78 is 6.77. The van der Waals surface area contributed by atoms with E-state index in [1.807, 2.05) is 6.20 Å². The Hall–Kier alpha value is -1.14. The molecular weight excluding hydrogens is 332 g/mol. The van der Waals surface area contributed by atoms with Crippen molar-refractivity contribution in [3.05, 3.63) is 17.0 Å². The number of nitrogens with zero attached hydrogens (tertiary/aromatic N) is 3. The standard InChI is InChI=1S/C15H19BrN4O/c1-10-6-15(8-21-10)2-4-20(5-3-15)14-13-12(18-9-19-13)11(16)7-17-14/h7,9-10H,2-6,8H2,1H3,(H,18,19)/t10-/m0/s1. The minimum atomic E-state index is 0.399. The van der Waals surface area contributed by atoms with Gasteiger partial charge in [0.25, 0.3) is 0 Å². The SMILES string of the molecule is C[C@H]1CC2(CCN(c3ncc(Br)c4[nH]cnc34)CC2)CO1. The van der Waals surface area contributed by atoms with Crippen LogP contribution in [0.25, 0.3) is 11.0 Å². The van der Waals surface area contributed by atoms with Crippen LogP contribution in [0.3, 0.4) is 0 Å². The van der Waals surface area contributed by atoms with Crippen molar-refractivity contribution < 1.29 is 4.74 Å². The summed E-state index contributed by atoms with van der Waals surface area (Å²) in [4.78, 5) is 14.6. The van der Waals surface area contributed by atoms with Crippen molar-refractivity contribution >= 4 is 32.8 Å². The summed E-state index contributed by atoms with van der Waals surface area (Å²) in [5, 5.41) is 0. The van der Waals surface area contributed by atoms with Crippen LogP contribution in [0.1, 0.15) is 26.2 Å². The number of anilines is 1. The largest absolute Gasteiger partial charge is 0.378 e. The summed E-state index contributed by atoms with van der Waals surface area (Å²) >= 11 is 3.52. The van der Waals surface area contributed by atoms with Gasteiger partial charge < -0.3 is 14.6 Å². The quantitative estimate of drug-likeness (QED) is 0.858. The molecule has 5 nitrogen and oxygen atoms in total. The maximum atomic E-state index is 5.80. The Labute approximate surface area is 132 Å². The highest BCUT2D eigenvalue weighted by Crippen LogP contribution is 2.43. The lowest BCUT2D eigenvalue weighted by atomic mass is 9.77. The van der Waals surface area contributed by atoms with Crippen LogP contribution in [0.15, 0.2) is 17.0 Å². The molecule has 0 bridgehead atoms. The van der Waals surface area contributed by atoms with E-state index in [1.54, 1.807) is 6.33 Å². The topological polar surface area (TPSA) is 54.0 Å². The highest BCUT2D eigenvalue weighted by molar-refractivity contribution is 9.10. The molecule has 0 aliphatic carbocycles. The summed E-state index contributed by atoms with van der Waals surface area (Å²) in [6, 6.07) is 0. The molecule has 2 saturated heterocycles. The Balaban J connectivity index is 1.58. The summed E-state index contributed by atoms with van der Waals surface area (Å²) in [5.41, 5.74) is 2.38. The molecule has 112 valence electrons. The van der Waals surface area contributed by atoms with Crippen molar-refractivity contribution in [1.82, 2.24) is 15.0 Å². The number of hydrogen-bond acceptors (Lipinski definition) is 4. The minimum absolute atomic E-state index is 0.399. The third-order valence-corrected chi connectivity index (χ3v) is 5.51. The van der Waals surface area contributed by atoms with Crippen molar-refractivity contribution in [1.29, 1.82) is 0 Å². The van der Waals surface area contributed by atoms with E-state index in [0.717, 1.165) is 41.0 Å². The van der Waals surface area contributed by atoms with E-state index >= 15 is 0 Å². The zero-order valence-electron chi connectivity index (χ0n) is 12.1. The average molecular weight is 351 g/mol. The van der Waals surface area contributed by atoms with Gasteiger partial charge in [-0.15, -0.1) is 0 Å². The fourth-order valence-corrected chi connectivity index (χ4v) is 4.11. The lowest BCUT2D eigenvalue weighted by molar-refractivity contribution is 0.0976. The van der Waals surface area contributed by atoms with Crippen LogP contribution < -0.4 is 4.90 Å². The Kier molecular flexibility index (Phi) is 3.19. The van der Waals surface area contributed by atoms with Crippen LogP contribution in [0.4, 0.5) is 5.82 Å². The third kappa shape index (κ3) is 2.25. The normalized spacial score (nSPS) is 25.0. The highest BCUT2D eigenvalue weighted by Gasteiger charge is 2.41. The first-order valence-electron chi connectivity index (χ1n) is 7.51. The summed E-state index contributed by atoms with van der Waals surface area (Å²) in [7, 11) is 0. The van der Waals surface area contributed by atoms with Crippen LogP contribution >= 0.6 is 15.9 Å². The van der Waals surface area contributed by atoms with E-state index in [0.29, 0.717) is 11.5 Å². The second kappa shape index (κ2) is 4.95. The molecule has 2 fully saturated rings. The van der Waals surface area contributed by atoms with Crippen LogP contribution in [-0.4, -0.2) is 40.8 Å². The Morgan fingerprint density at radius 2 is 2.19 bits per heavy atom. The molecule has 2 aliphatic heterocycles. The molecule has 1 spiro atoms. The van der Waals surface area contributed by atoms with Gasteiger partial charge in [0.1, 0.15) is 5.52 Å². The molecule has 0 aromatic carbocycles. The van der Waals surface area contributed by atoms with Crippen molar-refractivity contribution in [2.45, 2.75) is 32.3 Å². The molecule has 4 rings (SSSR count). The molecule has 0 saturated carbocycles. The molecule has 0 amide bonds. The van der Waals surface area contributed by atoms with E-state index in [2.05, 4.69) is 42.7 Å². The van der Waals surface area contributed by atoms with E-state index in [4.69, 9.17) is 4.74 Å². The predicted octanol–water partition coefficient (Wildman–Crippen LogP) is 3.12. The first-order chi connectivity index (χ1) is 10.2. The average Bonchev–Trinajstić information content (AvgIpc) is 3.09. The Bertz CT molecular complexity index is 663. The van der Waals surface area contributed by atoms with E-state index < -0.39 is 0 Å². The van der Waals surface area contributed by atoms with Gasteiger partial charge in [-0.1, -0.05) is 0 Å². The first kappa shape index (κ1) is 13.5. The molecule has 1 N–H and O–H groups in total. The number of ether oxygens (including phenoxy) is 1. The molecule has 0 unspecified atom stereocenters. The molecule has 1 atom stereocenters. The van der Waals surface area contributed by atoms with Crippen LogP contribution in [0.5, 0.6) is 0 Å². The van der Waals surface area contributed by atoms with Gasteiger partial charge in [-0.05, 0) is 47.5 Å². The van der Waals surface area contributed by atoms with Gasteiger partial charge >= 0.3 is 0 Å². The fourth-order valence-electron chi connectivity index (χ4n) is 3.71. The zero-order chi connectivity index (χ0) is 14.4. The second-order valence-corrected chi connectivity index (χ2v) is 7.22. The van der Waals surface area contributed by atoms with Crippen molar-refractivity contribution in [2.24, 2.45) is 5.41 Å². The molecule has 6 heteroatoms. The van der Waals surface area contributed by atoms with E-state index in [9.17, 15) is 0 Å². The maximum absolute atomic E-state index is 5.80. The molecular formula is C15H19BrN4O. The predicted molar refractivity (Wildman–Crippen MR) is 85.5 cm³/mol. The lowest BCUT2D eigenvalue weighted by Gasteiger charge is -2.39. The number of hydrogen-bond donors (Lipinski definition) is 1. The third-order valence-electron chi connectivity index (χ3n) is 4.91. The van der Waals surface area contributed by atoms with E-state index in [-0.39, 0.29) is 0 Å². The van der Waals surface area contributed by atoms with Crippen molar-refractivity contribution in [3.8, 4) is 0 Å². The van der Waals surface area contributed by atoms with Gasteiger partial charge in [-0.2, -0.15) is 0 Å². The second-order valence-electron chi connectivity index (χ2n) is 6.37. The number of halogens is 1. The van der Waals surface area contributed by atoms with Gasteiger partial charge in [-0.3, -0.25) is 0 Å². The summed E-state index contributed by atoms with van der Waals surface area (Å²) in [6.45, 7) is 5.18. The van der Waals surface area contributed by atoms with Gasteiger partial charge in [0.05, 0.1) is 29.0 Å². The van der Waals surface area contributed by atoms with Crippen LogP contribution in [-0.2, 0) is 4.74 Å². The number of pyridine rings is 1. The van der Waals surface area contributed by atoms with Gasteiger partial charge in [0.15, 0.2) is 5.82 Å². The number of fused-ring (bicyclic) bond motifs is 1. The first-order valence-corrected chi connectivity index (χ1v) is 8.30. The molecule has 0 radical (unpaired) electrons. The number of imidazole rings is 1. The number of nitrogens with one attached hydrogen (secondary N) is 1. The minimum Gasteiger partial charge on any atom is -0.378 e. The number of piperidine rings is 1. The van der Waals surface area contributed by atoms with E-state index in [1.165, 1.54) is 19.3 Å². The van der Waals surface area contributed by atoms with Crippen molar-refractivity contribution in [3.63, 3.8) is 0 Å². The van der Waals surface area contributed by atoms with Crippen molar-refractivity contribution in [2.75, 3.05) is 24.6 Å². The molecule has 2 aromatic rings. The number of H-pyrrole nitrogens is 1. The molecule has 2 aliphatic rings. The van der Waals surface area contributed by atoms with Crippen LogP contribution in [0, 0.1) is 5.41 Å². The smallest absolute Gasteiger partial charge is 0.156 e. The molecule has 2 aromatic heterocycles. The monoisotopic (exact) mass is 350 g/mol. The van der Waals surface area contributed by atoms with Gasteiger partial charge in [0.2, 0.25) is 0 Å². The summed E-state index contributed by atoms with van der Waals surface area (Å²) in [6.07, 6.45) is 7.58.